The zero-order chi connectivity index (χ0) is 11.8. The summed E-state index contributed by atoms with van der Waals surface area (Å²) in [6, 6.07) is 0. The predicted molar refractivity (Wildman–Crippen MR) is 55.8 cm³/mol. The fourth-order valence-electron chi connectivity index (χ4n) is 1.31. The molecule has 2 N–H and O–H groups in total. The molecule has 5 heteroatoms. The van der Waals surface area contributed by atoms with Gasteiger partial charge in [0.1, 0.15) is 0 Å². The number of aliphatic carboxylic acids is 2. The van der Waals surface area contributed by atoms with E-state index in [0.29, 0.717) is 25.8 Å². The lowest BCUT2D eigenvalue weighted by Crippen LogP contribution is -2.21. The van der Waals surface area contributed by atoms with Crippen LogP contribution in [0.4, 0.5) is 0 Å². The summed E-state index contributed by atoms with van der Waals surface area (Å²) in [5.74, 6) is -2.12. The number of carboxylic acids is 2. The number of rotatable bonds is 8. The van der Waals surface area contributed by atoms with E-state index in [1.807, 2.05) is 19.0 Å². The van der Waals surface area contributed by atoms with E-state index in [4.69, 9.17) is 10.2 Å². The summed E-state index contributed by atoms with van der Waals surface area (Å²) < 4.78 is 0. The molecule has 0 aliphatic heterocycles. The molecule has 0 rings (SSSR count). The Hall–Kier alpha value is -1.10. The standard InChI is InChI=1S/C10H19NO4/c1-11(2)7-6-8(10(14)15)4-3-5-9(12)13/h8H,3-7H2,1-2H3,(H,12,13)(H,14,15). The normalized spacial score (nSPS) is 12.7. The van der Waals surface area contributed by atoms with Gasteiger partial charge in [0.25, 0.3) is 0 Å². The molecule has 0 fully saturated rings. The van der Waals surface area contributed by atoms with Crippen molar-refractivity contribution < 1.29 is 19.8 Å². The van der Waals surface area contributed by atoms with Gasteiger partial charge >= 0.3 is 11.9 Å². The van der Waals surface area contributed by atoms with E-state index in [1.54, 1.807) is 0 Å². The Balaban J connectivity index is 3.83. The first-order valence-corrected chi connectivity index (χ1v) is 5.02. The van der Waals surface area contributed by atoms with Crippen LogP contribution in [0.1, 0.15) is 25.7 Å². The van der Waals surface area contributed by atoms with Gasteiger partial charge in [0.05, 0.1) is 5.92 Å². The van der Waals surface area contributed by atoms with Crippen molar-refractivity contribution in [2.45, 2.75) is 25.7 Å². The zero-order valence-corrected chi connectivity index (χ0v) is 9.27. The number of carboxylic acid groups (broad SMARTS) is 2. The van der Waals surface area contributed by atoms with Gasteiger partial charge in [-0.3, -0.25) is 9.59 Å². The third-order valence-corrected chi connectivity index (χ3v) is 2.22. The molecule has 0 aromatic carbocycles. The molecular weight excluding hydrogens is 198 g/mol. The first kappa shape index (κ1) is 13.9. The highest BCUT2D eigenvalue weighted by Gasteiger charge is 2.17. The van der Waals surface area contributed by atoms with Crippen molar-refractivity contribution in [2.24, 2.45) is 5.92 Å². The summed E-state index contributed by atoms with van der Waals surface area (Å²) >= 11 is 0. The average molecular weight is 217 g/mol. The highest BCUT2D eigenvalue weighted by atomic mass is 16.4. The maximum absolute atomic E-state index is 10.8. The fraction of sp³-hybridized carbons (Fsp3) is 0.800. The molecule has 15 heavy (non-hydrogen) atoms. The van der Waals surface area contributed by atoms with Gasteiger partial charge in [-0.25, -0.2) is 0 Å². The van der Waals surface area contributed by atoms with E-state index in [-0.39, 0.29) is 6.42 Å². The molecule has 0 aliphatic carbocycles. The minimum absolute atomic E-state index is 0.0474. The molecule has 0 aromatic rings. The topological polar surface area (TPSA) is 77.8 Å². The zero-order valence-electron chi connectivity index (χ0n) is 9.27. The second-order valence-corrected chi connectivity index (χ2v) is 3.91. The van der Waals surface area contributed by atoms with Crippen LogP contribution >= 0.6 is 0 Å². The number of nitrogens with zero attached hydrogens (tertiary/aromatic N) is 1. The quantitative estimate of drug-likeness (QED) is 0.631. The van der Waals surface area contributed by atoms with E-state index in [0.717, 1.165) is 0 Å². The van der Waals surface area contributed by atoms with Crippen LogP contribution in [0.5, 0.6) is 0 Å². The summed E-state index contributed by atoms with van der Waals surface area (Å²) in [5, 5.41) is 17.3. The van der Waals surface area contributed by atoms with Gasteiger partial charge in [0, 0.05) is 6.42 Å². The molecule has 5 nitrogen and oxygen atoms in total. The Bertz CT molecular complexity index is 215. The van der Waals surface area contributed by atoms with Crippen LogP contribution in [-0.2, 0) is 9.59 Å². The largest absolute Gasteiger partial charge is 0.481 e. The molecule has 0 saturated carbocycles. The molecule has 0 bridgehead atoms. The van der Waals surface area contributed by atoms with Crippen molar-refractivity contribution in [2.75, 3.05) is 20.6 Å². The van der Waals surface area contributed by atoms with Crippen molar-refractivity contribution in [1.82, 2.24) is 4.90 Å². The lowest BCUT2D eigenvalue weighted by atomic mass is 9.98. The van der Waals surface area contributed by atoms with Crippen LogP contribution in [0.2, 0.25) is 0 Å². The molecular formula is C10H19NO4. The van der Waals surface area contributed by atoms with E-state index in [1.165, 1.54) is 0 Å². The summed E-state index contributed by atoms with van der Waals surface area (Å²) in [6.07, 6.45) is 1.49. The van der Waals surface area contributed by atoms with Crippen LogP contribution in [0.3, 0.4) is 0 Å². The molecule has 0 amide bonds. The first-order valence-electron chi connectivity index (χ1n) is 5.02. The Morgan fingerprint density at radius 3 is 2.20 bits per heavy atom. The van der Waals surface area contributed by atoms with Gasteiger partial charge in [-0.1, -0.05) is 0 Å². The summed E-state index contributed by atoms with van der Waals surface area (Å²) in [7, 11) is 3.77. The number of carbonyl (C=O) groups is 2. The lowest BCUT2D eigenvalue weighted by molar-refractivity contribution is -0.143. The third-order valence-electron chi connectivity index (χ3n) is 2.22. The van der Waals surface area contributed by atoms with Crippen molar-refractivity contribution >= 4 is 11.9 Å². The van der Waals surface area contributed by atoms with Gasteiger partial charge in [0.2, 0.25) is 0 Å². The third kappa shape index (κ3) is 7.93. The summed E-state index contributed by atoms with van der Waals surface area (Å²) in [5.41, 5.74) is 0. The summed E-state index contributed by atoms with van der Waals surface area (Å²) in [4.78, 5) is 23.0. The molecule has 0 saturated heterocycles. The fourth-order valence-corrected chi connectivity index (χ4v) is 1.31. The van der Waals surface area contributed by atoms with Gasteiger partial charge in [0.15, 0.2) is 0 Å². The maximum Gasteiger partial charge on any atom is 0.306 e. The molecule has 0 heterocycles. The van der Waals surface area contributed by atoms with Crippen molar-refractivity contribution in [3.63, 3.8) is 0 Å². The molecule has 88 valence electrons. The lowest BCUT2D eigenvalue weighted by Gasteiger charge is -2.14. The van der Waals surface area contributed by atoms with Gasteiger partial charge in [-0.15, -0.1) is 0 Å². The molecule has 0 radical (unpaired) electrons. The minimum atomic E-state index is -0.869. The van der Waals surface area contributed by atoms with Crippen LogP contribution in [-0.4, -0.2) is 47.7 Å². The Morgan fingerprint density at radius 2 is 1.80 bits per heavy atom. The molecule has 1 unspecified atom stereocenters. The molecule has 0 spiro atoms. The predicted octanol–water partition coefficient (Wildman–Crippen LogP) is 0.894. The minimum Gasteiger partial charge on any atom is -0.481 e. The Morgan fingerprint density at radius 1 is 1.20 bits per heavy atom. The van der Waals surface area contributed by atoms with Crippen LogP contribution in [0.15, 0.2) is 0 Å². The monoisotopic (exact) mass is 217 g/mol. The Labute approximate surface area is 89.7 Å². The first-order chi connectivity index (χ1) is 6.93. The Kier molecular flexibility index (Phi) is 6.70. The van der Waals surface area contributed by atoms with E-state index in [9.17, 15) is 9.59 Å². The average Bonchev–Trinajstić information content (AvgIpc) is 2.09. The van der Waals surface area contributed by atoms with E-state index >= 15 is 0 Å². The highest BCUT2D eigenvalue weighted by molar-refractivity contribution is 5.70. The van der Waals surface area contributed by atoms with E-state index < -0.39 is 17.9 Å². The number of hydrogen-bond donors (Lipinski definition) is 2. The van der Waals surface area contributed by atoms with Crippen LogP contribution in [0, 0.1) is 5.92 Å². The second kappa shape index (κ2) is 7.23. The van der Waals surface area contributed by atoms with Crippen molar-refractivity contribution in [1.29, 1.82) is 0 Å². The molecule has 0 aromatic heterocycles. The van der Waals surface area contributed by atoms with Crippen molar-refractivity contribution in [3.8, 4) is 0 Å². The summed E-state index contributed by atoms with van der Waals surface area (Å²) in [6.45, 7) is 0.712. The smallest absolute Gasteiger partial charge is 0.306 e. The van der Waals surface area contributed by atoms with E-state index in [2.05, 4.69) is 0 Å². The molecule has 1 atom stereocenters. The van der Waals surface area contributed by atoms with Crippen LogP contribution in [0.25, 0.3) is 0 Å². The highest BCUT2D eigenvalue weighted by Crippen LogP contribution is 2.13. The van der Waals surface area contributed by atoms with Crippen molar-refractivity contribution in [3.05, 3.63) is 0 Å². The van der Waals surface area contributed by atoms with Gasteiger partial charge < -0.3 is 15.1 Å². The maximum atomic E-state index is 10.8. The second-order valence-electron chi connectivity index (χ2n) is 3.91. The van der Waals surface area contributed by atoms with Gasteiger partial charge in [-0.05, 0) is 39.9 Å². The van der Waals surface area contributed by atoms with Crippen LogP contribution < -0.4 is 0 Å². The SMILES string of the molecule is CN(C)CCC(CCCC(=O)O)C(=O)O. The molecule has 0 aliphatic rings. The number of hydrogen-bond acceptors (Lipinski definition) is 3. The van der Waals surface area contributed by atoms with Gasteiger partial charge in [-0.2, -0.15) is 0 Å².